The highest BCUT2D eigenvalue weighted by Gasteiger charge is 2.37. The Morgan fingerprint density at radius 1 is 1.25 bits per heavy atom. The average Bonchev–Trinajstić information content (AvgIpc) is 3.15. The van der Waals surface area contributed by atoms with Crippen LogP contribution in [-0.2, 0) is 20.9 Å². The maximum absolute atomic E-state index is 12.9. The Labute approximate surface area is 226 Å². The van der Waals surface area contributed by atoms with Crippen molar-refractivity contribution in [2.45, 2.75) is 6.61 Å². The van der Waals surface area contributed by atoms with Crippen molar-refractivity contribution in [3.8, 4) is 17.6 Å². The molecular formula is C25H22IN3O6S. The van der Waals surface area contributed by atoms with E-state index in [-0.39, 0.29) is 24.0 Å². The molecule has 0 aromatic heterocycles. The van der Waals surface area contributed by atoms with Crippen LogP contribution in [0.4, 0.5) is 4.79 Å². The van der Waals surface area contributed by atoms with E-state index >= 15 is 0 Å². The number of benzene rings is 2. The van der Waals surface area contributed by atoms with Gasteiger partial charge in [-0.25, -0.2) is 0 Å². The highest BCUT2D eigenvalue weighted by Crippen LogP contribution is 2.37. The van der Waals surface area contributed by atoms with E-state index in [2.05, 4.69) is 28.7 Å². The fraction of sp³-hybridized carbons (Fsp3) is 0.280. The maximum Gasteiger partial charge on any atom is 0.294 e. The van der Waals surface area contributed by atoms with Gasteiger partial charge >= 0.3 is 0 Å². The van der Waals surface area contributed by atoms with Crippen LogP contribution in [0.3, 0.4) is 0 Å². The lowest BCUT2D eigenvalue weighted by atomic mass is 10.1. The van der Waals surface area contributed by atoms with Crippen molar-refractivity contribution in [2.24, 2.45) is 0 Å². The molecule has 0 spiro atoms. The second-order valence-electron chi connectivity index (χ2n) is 7.85. The first-order valence-electron chi connectivity index (χ1n) is 11.0. The molecule has 2 heterocycles. The number of ether oxygens (including phenoxy) is 3. The van der Waals surface area contributed by atoms with Gasteiger partial charge < -0.3 is 19.1 Å². The lowest BCUT2D eigenvalue weighted by Gasteiger charge is -2.28. The summed E-state index contributed by atoms with van der Waals surface area (Å²) in [5.74, 6) is 0.170. The van der Waals surface area contributed by atoms with E-state index in [0.29, 0.717) is 48.9 Å². The SMILES string of the molecule is COc1cc(/C=C2/SC(=O)N(CC(=O)N3CCOCC3)C2=O)cc(I)c1OCc1ccccc1C#N. The summed E-state index contributed by atoms with van der Waals surface area (Å²) in [7, 11) is 1.51. The number of morpholine rings is 1. The van der Waals surface area contributed by atoms with Gasteiger partial charge in [0.1, 0.15) is 13.2 Å². The highest BCUT2D eigenvalue weighted by molar-refractivity contribution is 14.1. The van der Waals surface area contributed by atoms with E-state index in [1.54, 1.807) is 29.2 Å². The molecule has 2 aliphatic heterocycles. The summed E-state index contributed by atoms with van der Waals surface area (Å²) in [6.45, 7) is 1.67. The van der Waals surface area contributed by atoms with Gasteiger partial charge in [-0.05, 0) is 64.2 Å². The Morgan fingerprint density at radius 3 is 2.72 bits per heavy atom. The third-order valence-electron chi connectivity index (χ3n) is 5.59. The predicted molar refractivity (Wildman–Crippen MR) is 141 cm³/mol. The van der Waals surface area contributed by atoms with Gasteiger partial charge in [0, 0.05) is 18.7 Å². The van der Waals surface area contributed by atoms with Gasteiger partial charge in [0.2, 0.25) is 5.91 Å². The van der Waals surface area contributed by atoms with Crippen LogP contribution in [0.1, 0.15) is 16.7 Å². The summed E-state index contributed by atoms with van der Waals surface area (Å²) < 4.78 is 17.5. The summed E-state index contributed by atoms with van der Waals surface area (Å²) in [5, 5.41) is 8.81. The minimum absolute atomic E-state index is 0.186. The molecule has 0 atom stereocenters. The Bertz CT molecular complexity index is 1270. The Balaban J connectivity index is 1.49. The number of hydrogen-bond donors (Lipinski definition) is 0. The van der Waals surface area contributed by atoms with Crippen LogP contribution in [0.15, 0.2) is 41.3 Å². The Morgan fingerprint density at radius 2 is 2.00 bits per heavy atom. The molecule has 2 saturated heterocycles. The fourth-order valence-electron chi connectivity index (χ4n) is 3.70. The molecule has 9 nitrogen and oxygen atoms in total. The number of halogens is 1. The van der Waals surface area contributed by atoms with Gasteiger partial charge in [-0.1, -0.05) is 18.2 Å². The summed E-state index contributed by atoms with van der Waals surface area (Å²) in [4.78, 5) is 40.7. The Kier molecular flexibility index (Phi) is 8.50. The minimum atomic E-state index is -0.506. The fourth-order valence-corrected chi connectivity index (χ4v) is 5.32. The average molecular weight is 619 g/mol. The number of methoxy groups -OCH3 is 1. The molecule has 36 heavy (non-hydrogen) atoms. The van der Waals surface area contributed by atoms with Crippen molar-refractivity contribution < 1.29 is 28.6 Å². The van der Waals surface area contributed by atoms with E-state index in [1.165, 1.54) is 7.11 Å². The van der Waals surface area contributed by atoms with Crippen molar-refractivity contribution in [3.05, 3.63) is 61.6 Å². The van der Waals surface area contributed by atoms with Crippen molar-refractivity contribution in [2.75, 3.05) is 40.0 Å². The second kappa shape index (κ2) is 11.8. The Hall–Kier alpha value is -3.08. The van der Waals surface area contributed by atoms with Crippen LogP contribution in [-0.4, -0.2) is 66.8 Å². The highest BCUT2D eigenvalue weighted by atomic mass is 127. The van der Waals surface area contributed by atoms with Crippen LogP contribution in [0.5, 0.6) is 11.5 Å². The van der Waals surface area contributed by atoms with Gasteiger partial charge in [0.25, 0.3) is 11.1 Å². The van der Waals surface area contributed by atoms with Crippen LogP contribution >= 0.6 is 34.4 Å². The monoisotopic (exact) mass is 619 g/mol. The topological polar surface area (TPSA) is 109 Å². The van der Waals surface area contributed by atoms with E-state index < -0.39 is 11.1 Å². The number of carbonyl (C=O) groups is 3. The normalized spacial score (nSPS) is 16.9. The molecule has 0 aliphatic carbocycles. The molecule has 0 saturated carbocycles. The van der Waals surface area contributed by atoms with E-state index in [4.69, 9.17) is 14.2 Å². The lowest BCUT2D eigenvalue weighted by Crippen LogP contribution is -2.46. The smallest absolute Gasteiger partial charge is 0.294 e. The molecule has 0 bridgehead atoms. The van der Waals surface area contributed by atoms with Crippen LogP contribution in [0, 0.1) is 14.9 Å². The quantitative estimate of drug-likeness (QED) is 0.342. The summed E-state index contributed by atoms with van der Waals surface area (Å²) in [6.07, 6.45) is 1.60. The predicted octanol–water partition coefficient (Wildman–Crippen LogP) is 3.65. The number of thioether (sulfide) groups is 1. The lowest BCUT2D eigenvalue weighted by molar-refractivity contribution is -0.139. The third-order valence-corrected chi connectivity index (χ3v) is 7.30. The van der Waals surface area contributed by atoms with E-state index in [1.807, 2.05) is 18.2 Å². The molecular weight excluding hydrogens is 597 g/mol. The number of nitrogens with zero attached hydrogens (tertiary/aromatic N) is 3. The molecule has 4 rings (SSSR count). The van der Waals surface area contributed by atoms with E-state index in [9.17, 15) is 19.6 Å². The molecule has 3 amide bonds. The van der Waals surface area contributed by atoms with Crippen molar-refractivity contribution >= 4 is 57.5 Å². The number of imide groups is 1. The van der Waals surface area contributed by atoms with Crippen molar-refractivity contribution in [1.82, 2.24) is 9.80 Å². The second-order valence-corrected chi connectivity index (χ2v) is 10.0. The summed E-state index contributed by atoms with van der Waals surface area (Å²) >= 11 is 2.91. The standard InChI is InChI=1S/C25H22IN3O6S/c1-33-20-11-16(10-19(26)23(20)35-15-18-5-3-2-4-17(18)13-27)12-21-24(31)29(25(32)36-21)14-22(30)28-6-8-34-9-7-28/h2-5,10-12H,6-9,14-15H2,1H3/b21-12+. The molecule has 186 valence electrons. The van der Waals surface area contributed by atoms with Crippen molar-refractivity contribution in [3.63, 3.8) is 0 Å². The molecule has 0 unspecified atom stereocenters. The van der Waals surface area contributed by atoms with Crippen LogP contribution in [0.25, 0.3) is 6.08 Å². The molecule has 0 radical (unpaired) electrons. The zero-order valence-corrected chi connectivity index (χ0v) is 22.3. The van der Waals surface area contributed by atoms with Gasteiger partial charge in [-0.15, -0.1) is 0 Å². The van der Waals surface area contributed by atoms with Gasteiger partial charge in [0.05, 0.1) is 40.4 Å². The first kappa shape index (κ1) is 26.0. The van der Waals surface area contributed by atoms with Gasteiger partial charge in [0.15, 0.2) is 11.5 Å². The number of rotatable bonds is 7. The number of amides is 3. The van der Waals surface area contributed by atoms with Gasteiger partial charge in [-0.3, -0.25) is 19.3 Å². The third kappa shape index (κ3) is 5.83. The van der Waals surface area contributed by atoms with Crippen LogP contribution in [0.2, 0.25) is 0 Å². The molecule has 2 aromatic rings. The first-order chi connectivity index (χ1) is 17.4. The maximum atomic E-state index is 12.9. The van der Waals surface area contributed by atoms with Gasteiger partial charge in [-0.2, -0.15) is 5.26 Å². The zero-order valence-electron chi connectivity index (χ0n) is 19.4. The number of hydrogen-bond acceptors (Lipinski definition) is 8. The molecule has 2 aromatic carbocycles. The molecule has 11 heteroatoms. The molecule has 2 aliphatic rings. The zero-order chi connectivity index (χ0) is 25.7. The molecule has 0 N–H and O–H groups in total. The van der Waals surface area contributed by atoms with Crippen molar-refractivity contribution in [1.29, 1.82) is 5.26 Å². The van der Waals surface area contributed by atoms with E-state index in [0.717, 1.165) is 25.8 Å². The summed E-state index contributed by atoms with van der Waals surface area (Å²) in [5.41, 5.74) is 1.93. The number of nitriles is 1. The largest absolute Gasteiger partial charge is 0.493 e. The molecule has 2 fully saturated rings. The summed E-state index contributed by atoms with van der Waals surface area (Å²) in [6, 6.07) is 12.9. The first-order valence-corrected chi connectivity index (χ1v) is 12.9. The van der Waals surface area contributed by atoms with Crippen LogP contribution < -0.4 is 9.47 Å². The minimum Gasteiger partial charge on any atom is -0.493 e. The number of carbonyl (C=O) groups excluding carboxylic acids is 3.